The van der Waals surface area contributed by atoms with Crippen molar-refractivity contribution in [1.82, 2.24) is 0 Å². The van der Waals surface area contributed by atoms with E-state index < -0.39 is 0 Å². The molecule has 0 saturated heterocycles. The molecule has 0 aliphatic heterocycles. The third kappa shape index (κ3) is 1.68. The Morgan fingerprint density at radius 2 is 2.00 bits per heavy atom. The summed E-state index contributed by atoms with van der Waals surface area (Å²) < 4.78 is 1.15. The van der Waals surface area contributed by atoms with E-state index >= 15 is 0 Å². The van der Waals surface area contributed by atoms with Crippen LogP contribution in [0.2, 0.25) is 0 Å². The van der Waals surface area contributed by atoms with Crippen molar-refractivity contribution in [2.24, 2.45) is 5.41 Å². The van der Waals surface area contributed by atoms with Gasteiger partial charge in [0.15, 0.2) is 0 Å². The summed E-state index contributed by atoms with van der Waals surface area (Å²) in [7, 11) is 0. The van der Waals surface area contributed by atoms with Crippen LogP contribution in [0.3, 0.4) is 0 Å². The molecular weight excluding hydrogens is 336 g/mol. The zero-order valence-corrected chi connectivity index (χ0v) is 14.5. The summed E-state index contributed by atoms with van der Waals surface area (Å²) >= 11 is 3.76. The number of aryl methyl sites for hydroxylation is 1. The zero-order valence-electron chi connectivity index (χ0n) is 12.9. The summed E-state index contributed by atoms with van der Waals surface area (Å²) in [6.07, 6.45) is 5.77. The summed E-state index contributed by atoms with van der Waals surface area (Å²) in [5.74, 6) is 0. The number of aliphatic hydroxyl groups is 1. The molecule has 1 fully saturated rings. The van der Waals surface area contributed by atoms with Gasteiger partial charge in [-0.2, -0.15) is 0 Å². The number of benzene rings is 2. The van der Waals surface area contributed by atoms with Gasteiger partial charge in [0.1, 0.15) is 0 Å². The molecule has 114 valence electrons. The van der Waals surface area contributed by atoms with E-state index in [1.807, 2.05) is 0 Å². The molecule has 0 amide bonds. The SMILES string of the molecule is C=C[C@@]12C[C@@H](O)C[C@@]1(C)CCc1c2cc(Br)c2ccccc12. The molecule has 2 aromatic carbocycles. The molecule has 3 atom stereocenters. The second-order valence-corrected chi connectivity index (χ2v) is 8.08. The van der Waals surface area contributed by atoms with Crippen LogP contribution in [0.5, 0.6) is 0 Å². The fourth-order valence-corrected chi connectivity index (χ4v) is 5.63. The Kier molecular flexibility index (Phi) is 3.08. The van der Waals surface area contributed by atoms with Crippen LogP contribution in [0.1, 0.15) is 37.3 Å². The monoisotopic (exact) mass is 356 g/mol. The van der Waals surface area contributed by atoms with Gasteiger partial charge < -0.3 is 5.11 Å². The normalized spacial score (nSPS) is 33.5. The fourth-order valence-electron chi connectivity index (χ4n) is 5.05. The number of hydrogen-bond donors (Lipinski definition) is 1. The lowest BCUT2D eigenvalue weighted by molar-refractivity contribution is 0.155. The maximum absolute atomic E-state index is 10.4. The average Bonchev–Trinajstić information content (AvgIpc) is 2.78. The van der Waals surface area contributed by atoms with E-state index in [1.165, 1.54) is 21.9 Å². The van der Waals surface area contributed by atoms with Gasteiger partial charge in [0, 0.05) is 9.89 Å². The molecule has 1 N–H and O–H groups in total. The lowest BCUT2D eigenvalue weighted by Crippen LogP contribution is -2.42. The van der Waals surface area contributed by atoms with Crippen molar-refractivity contribution in [3.8, 4) is 0 Å². The number of aliphatic hydroxyl groups excluding tert-OH is 1. The summed E-state index contributed by atoms with van der Waals surface area (Å²) in [5, 5.41) is 13.0. The molecule has 0 aromatic heterocycles. The first-order valence-corrected chi connectivity index (χ1v) is 8.82. The molecular formula is C20H21BrO. The second kappa shape index (κ2) is 4.69. The molecule has 2 aromatic rings. The zero-order chi connectivity index (χ0) is 15.5. The Balaban J connectivity index is 2.07. The highest BCUT2D eigenvalue weighted by atomic mass is 79.9. The van der Waals surface area contributed by atoms with Crippen molar-refractivity contribution in [1.29, 1.82) is 0 Å². The molecule has 1 nitrogen and oxygen atoms in total. The van der Waals surface area contributed by atoms with Gasteiger partial charge in [-0.1, -0.05) is 53.2 Å². The number of rotatable bonds is 1. The van der Waals surface area contributed by atoms with Gasteiger partial charge in [-0.3, -0.25) is 0 Å². The number of halogens is 1. The van der Waals surface area contributed by atoms with Crippen molar-refractivity contribution >= 4 is 26.7 Å². The topological polar surface area (TPSA) is 20.2 Å². The predicted molar refractivity (Wildman–Crippen MR) is 95.2 cm³/mol. The number of hydrogen-bond acceptors (Lipinski definition) is 1. The molecule has 4 rings (SSSR count). The Bertz CT molecular complexity index is 781. The third-order valence-corrected chi connectivity index (χ3v) is 6.84. The second-order valence-electron chi connectivity index (χ2n) is 7.23. The number of allylic oxidation sites excluding steroid dienone is 1. The highest BCUT2D eigenvalue weighted by molar-refractivity contribution is 9.10. The van der Waals surface area contributed by atoms with Crippen LogP contribution in [-0.4, -0.2) is 11.2 Å². The van der Waals surface area contributed by atoms with E-state index in [0.717, 1.165) is 30.2 Å². The van der Waals surface area contributed by atoms with Crippen molar-refractivity contribution in [2.75, 3.05) is 0 Å². The summed E-state index contributed by atoms with van der Waals surface area (Å²) in [6, 6.07) is 10.9. The first-order chi connectivity index (χ1) is 10.5. The lowest BCUT2D eigenvalue weighted by atomic mass is 9.56. The fraction of sp³-hybridized carbons (Fsp3) is 0.400. The number of fused-ring (bicyclic) bond motifs is 5. The van der Waals surface area contributed by atoms with E-state index in [9.17, 15) is 5.11 Å². The standard InChI is InChI=1S/C20H21BrO/c1-3-20-12-13(22)11-19(20,2)9-8-15-14-6-4-5-7-16(14)18(21)10-17(15)20/h3-7,10,13,22H,1,8-9,11-12H2,2H3/t13-,19+,20-/m0/s1. The molecule has 2 aliphatic rings. The minimum atomic E-state index is -0.223. The van der Waals surface area contributed by atoms with Crippen molar-refractivity contribution in [3.63, 3.8) is 0 Å². The van der Waals surface area contributed by atoms with Crippen LogP contribution in [-0.2, 0) is 11.8 Å². The minimum Gasteiger partial charge on any atom is -0.393 e. The Morgan fingerprint density at radius 3 is 2.73 bits per heavy atom. The first-order valence-electron chi connectivity index (χ1n) is 8.03. The van der Waals surface area contributed by atoms with Gasteiger partial charge in [-0.15, -0.1) is 6.58 Å². The average molecular weight is 357 g/mol. The third-order valence-electron chi connectivity index (χ3n) is 6.18. The van der Waals surface area contributed by atoms with Gasteiger partial charge in [-0.25, -0.2) is 0 Å². The quantitative estimate of drug-likeness (QED) is 0.702. The van der Waals surface area contributed by atoms with Gasteiger partial charge >= 0.3 is 0 Å². The van der Waals surface area contributed by atoms with Gasteiger partial charge in [0.25, 0.3) is 0 Å². The van der Waals surface area contributed by atoms with Crippen molar-refractivity contribution < 1.29 is 5.11 Å². The molecule has 1 saturated carbocycles. The van der Waals surface area contributed by atoms with Crippen LogP contribution < -0.4 is 0 Å². The highest BCUT2D eigenvalue weighted by Crippen LogP contribution is 2.61. The smallest absolute Gasteiger partial charge is 0.0557 e. The predicted octanol–water partition coefficient (Wildman–Crippen LogP) is 5.13. The molecule has 0 radical (unpaired) electrons. The Labute approximate surface area is 140 Å². The van der Waals surface area contributed by atoms with Crippen LogP contribution in [0.25, 0.3) is 10.8 Å². The van der Waals surface area contributed by atoms with E-state index in [1.54, 1.807) is 0 Å². The van der Waals surface area contributed by atoms with Gasteiger partial charge in [0.05, 0.1) is 6.10 Å². The first kappa shape index (κ1) is 14.5. The Morgan fingerprint density at radius 1 is 1.27 bits per heavy atom. The van der Waals surface area contributed by atoms with Gasteiger partial charge in [0.2, 0.25) is 0 Å². The maximum atomic E-state index is 10.4. The van der Waals surface area contributed by atoms with Crippen LogP contribution in [0, 0.1) is 5.41 Å². The molecule has 0 spiro atoms. The van der Waals surface area contributed by atoms with Crippen molar-refractivity contribution in [3.05, 3.63) is 58.6 Å². The van der Waals surface area contributed by atoms with Crippen molar-refractivity contribution in [2.45, 2.75) is 44.1 Å². The van der Waals surface area contributed by atoms with E-state index in [4.69, 9.17) is 0 Å². The molecule has 0 unspecified atom stereocenters. The summed E-state index contributed by atoms with van der Waals surface area (Å²) in [6.45, 7) is 6.51. The van der Waals surface area contributed by atoms with Gasteiger partial charge in [-0.05, 0) is 59.1 Å². The Hall–Kier alpha value is -1.12. The molecule has 0 bridgehead atoms. The highest BCUT2D eigenvalue weighted by Gasteiger charge is 2.56. The van der Waals surface area contributed by atoms with Crippen LogP contribution >= 0.6 is 15.9 Å². The maximum Gasteiger partial charge on any atom is 0.0557 e. The molecule has 0 heterocycles. The van der Waals surface area contributed by atoms with E-state index in [0.29, 0.717) is 0 Å². The molecule has 2 heteroatoms. The largest absolute Gasteiger partial charge is 0.393 e. The molecule has 2 aliphatic carbocycles. The van der Waals surface area contributed by atoms with E-state index in [2.05, 4.69) is 65.8 Å². The van der Waals surface area contributed by atoms with E-state index in [-0.39, 0.29) is 16.9 Å². The minimum absolute atomic E-state index is 0.105. The molecule has 22 heavy (non-hydrogen) atoms. The lowest BCUT2D eigenvalue weighted by Gasteiger charge is -2.47. The summed E-state index contributed by atoms with van der Waals surface area (Å²) in [5.41, 5.74) is 2.83. The summed E-state index contributed by atoms with van der Waals surface area (Å²) in [4.78, 5) is 0. The van der Waals surface area contributed by atoms with Crippen LogP contribution in [0.15, 0.2) is 47.5 Å². The van der Waals surface area contributed by atoms with Crippen LogP contribution in [0.4, 0.5) is 0 Å².